The van der Waals surface area contributed by atoms with Crippen LogP contribution in [0.1, 0.15) is 27.7 Å². The summed E-state index contributed by atoms with van der Waals surface area (Å²) in [6.45, 7) is 2.94. The summed E-state index contributed by atoms with van der Waals surface area (Å²) in [5, 5.41) is 11.3. The number of carboxylic acid groups (broad SMARTS) is 1. The Labute approximate surface area is 118 Å². The van der Waals surface area contributed by atoms with Gasteiger partial charge >= 0.3 is 12.1 Å². The maximum atomic E-state index is 13.1. The smallest absolute Gasteiger partial charge is 0.408 e. The van der Waals surface area contributed by atoms with Crippen LogP contribution in [0.15, 0.2) is 24.3 Å². The number of carboxylic acids is 1. The third kappa shape index (κ3) is 5.69. The highest BCUT2D eigenvalue weighted by Crippen LogP contribution is 2.09. The summed E-state index contributed by atoms with van der Waals surface area (Å²) in [5.41, 5.74) is -0.561. The molecule has 0 fully saturated rings. The Bertz CT molecular complexity index is 521. The normalized spacial score (nSPS) is 13.2. The van der Waals surface area contributed by atoms with Crippen molar-refractivity contribution in [2.24, 2.45) is 0 Å². The number of benzene rings is 1. The number of ether oxygens (including phenoxy) is 1. The molecule has 1 aromatic carbocycles. The van der Waals surface area contributed by atoms with E-state index >= 15 is 0 Å². The van der Waals surface area contributed by atoms with Crippen LogP contribution < -0.4 is 5.32 Å². The highest BCUT2D eigenvalue weighted by molar-refractivity contribution is 5.80. The van der Waals surface area contributed by atoms with Crippen LogP contribution in [0.5, 0.6) is 0 Å². The van der Waals surface area contributed by atoms with Crippen molar-refractivity contribution in [1.29, 1.82) is 0 Å². The van der Waals surface area contributed by atoms with Crippen LogP contribution in [-0.2, 0) is 16.0 Å². The molecule has 110 valence electrons. The van der Waals surface area contributed by atoms with Gasteiger partial charge in [0.25, 0.3) is 0 Å². The van der Waals surface area contributed by atoms with Crippen LogP contribution in [0.2, 0.25) is 0 Å². The molecular formula is C14H18FNO4. The van der Waals surface area contributed by atoms with Crippen molar-refractivity contribution in [3.63, 3.8) is 0 Å². The van der Waals surface area contributed by atoms with Crippen LogP contribution >= 0.6 is 0 Å². The molecule has 5 nitrogen and oxygen atoms in total. The molecule has 0 bridgehead atoms. The molecule has 0 spiro atoms. The third-order valence-electron chi connectivity index (χ3n) is 2.29. The lowest BCUT2D eigenvalue weighted by Crippen LogP contribution is -2.44. The predicted molar refractivity (Wildman–Crippen MR) is 70.9 cm³/mol. The number of halogens is 1. The highest BCUT2D eigenvalue weighted by atomic mass is 19.1. The lowest BCUT2D eigenvalue weighted by Gasteiger charge is -2.22. The van der Waals surface area contributed by atoms with E-state index in [1.54, 1.807) is 19.9 Å². The molecule has 1 aromatic rings. The molecule has 1 atom stereocenters. The highest BCUT2D eigenvalue weighted by Gasteiger charge is 2.24. The lowest BCUT2D eigenvalue weighted by molar-refractivity contribution is -0.139. The average molecular weight is 284 g/mol. The van der Waals surface area contributed by atoms with E-state index in [4.69, 9.17) is 11.2 Å². The first-order chi connectivity index (χ1) is 9.73. The zero-order chi connectivity index (χ0) is 16.0. The first kappa shape index (κ1) is 14.3. The van der Waals surface area contributed by atoms with E-state index < -0.39 is 29.5 Å². The Hall–Kier alpha value is -2.11. The molecule has 0 aliphatic carbocycles. The van der Waals surface area contributed by atoms with Gasteiger partial charge in [-0.15, -0.1) is 0 Å². The quantitative estimate of drug-likeness (QED) is 0.890. The Morgan fingerprint density at radius 2 is 2.25 bits per heavy atom. The summed E-state index contributed by atoms with van der Waals surface area (Å²) in [6, 6.07) is 4.25. The molecule has 6 heteroatoms. The molecule has 1 rings (SSSR count). The van der Waals surface area contributed by atoms with Gasteiger partial charge in [0.05, 0.1) is 0 Å². The van der Waals surface area contributed by atoms with E-state index in [0.29, 0.717) is 5.56 Å². The van der Waals surface area contributed by atoms with Gasteiger partial charge in [0.15, 0.2) is 0 Å². The van der Waals surface area contributed by atoms with E-state index in [1.807, 2.05) is 0 Å². The molecule has 0 saturated carbocycles. The van der Waals surface area contributed by atoms with Gasteiger partial charge < -0.3 is 15.2 Å². The zero-order valence-corrected chi connectivity index (χ0v) is 11.4. The Morgan fingerprint density at radius 1 is 1.55 bits per heavy atom. The monoisotopic (exact) mass is 284 g/mol. The molecular weight excluding hydrogens is 265 g/mol. The fraction of sp³-hybridized carbons (Fsp3) is 0.429. The summed E-state index contributed by atoms with van der Waals surface area (Å²) in [6.07, 6.45) is -0.986. The zero-order valence-electron chi connectivity index (χ0n) is 12.4. The van der Waals surface area contributed by atoms with Crippen molar-refractivity contribution in [1.82, 2.24) is 5.32 Å². The summed E-state index contributed by atoms with van der Waals surface area (Å²) in [4.78, 5) is 22.8. The maximum Gasteiger partial charge on any atom is 0.408 e. The summed E-state index contributed by atoms with van der Waals surface area (Å²) >= 11 is 0. The summed E-state index contributed by atoms with van der Waals surface area (Å²) in [7, 11) is 0. The van der Waals surface area contributed by atoms with Gasteiger partial charge in [0.2, 0.25) is 0 Å². The second-order valence-electron chi connectivity index (χ2n) is 5.02. The number of aliphatic carboxylic acids is 1. The van der Waals surface area contributed by atoms with Crippen LogP contribution in [0.25, 0.3) is 0 Å². The van der Waals surface area contributed by atoms with Gasteiger partial charge in [-0.3, -0.25) is 0 Å². The SMILES string of the molecule is [2H]CC(C)(C)OC(=O)N[C@@H](Cc1cccc(F)c1)C(=O)O. The predicted octanol–water partition coefficient (Wildman–Crippen LogP) is 2.35. The second kappa shape index (κ2) is 6.36. The molecule has 0 unspecified atom stereocenters. The van der Waals surface area contributed by atoms with E-state index in [0.717, 1.165) is 0 Å². The Balaban J connectivity index is 2.70. The summed E-state index contributed by atoms with van der Waals surface area (Å²) < 4.78 is 25.2. The minimum Gasteiger partial charge on any atom is -0.480 e. The fourth-order valence-corrected chi connectivity index (χ4v) is 1.52. The van der Waals surface area contributed by atoms with E-state index in [1.165, 1.54) is 18.2 Å². The van der Waals surface area contributed by atoms with Crippen molar-refractivity contribution in [2.45, 2.75) is 38.8 Å². The number of rotatable bonds is 4. The third-order valence-corrected chi connectivity index (χ3v) is 2.29. The molecule has 0 aliphatic rings. The van der Waals surface area contributed by atoms with Gasteiger partial charge in [-0.1, -0.05) is 12.1 Å². The second-order valence-corrected chi connectivity index (χ2v) is 5.02. The van der Waals surface area contributed by atoms with Crippen molar-refractivity contribution in [2.75, 3.05) is 0 Å². The van der Waals surface area contributed by atoms with Crippen molar-refractivity contribution in [3.05, 3.63) is 35.6 Å². The largest absolute Gasteiger partial charge is 0.480 e. The minimum absolute atomic E-state index is 0.0660. The first-order valence-electron chi connectivity index (χ1n) is 6.70. The molecule has 1 amide bonds. The van der Waals surface area contributed by atoms with Crippen molar-refractivity contribution in [3.8, 4) is 0 Å². The van der Waals surface area contributed by atoms with Gasteiger partial charge in [0, 0.05) is 7.79 Å². The number of carbonyl (C=O) groups is 2. The number of hydrogen-bond donors (Lipinski definition) is 2. The van der Waals surface area contributed by atoms with Gasteiger partial charge in [-0.05, 0) is 38.4 Å². The number of hydrogen-bond acceptors (Lipinski definition) is 3. The van der Waals surface area contributed by atoms with E-state index in [2.05, 4.69) is 5.32 Å². The molecule has 2 N–H and O–H groups in total. The number of alkyl carbamates (subject to hydrolysis) is 1. The maximum absolute atomic E-state index is 13.1. The van der Waals surface area contributed by atoms with Crippen LogP contribution in [0.3, 0.4) is 0 Å². The molecule has 0 aliphatic heterocycles. The Kier molecular flexibility index (Phi) is 4.55. The number of amides is 1. The topological polar surface area (TPSA) is 75.6 Å². The molecule has 0 radical (unpaired) electrons. The summed E-state index contributed by atoms with van der Waals surface area (Å²) in [5.74, 6) is -1.73. The minimum atomic E-state index is -1.25. The van der Waals surface area contributed by atoms with Gasteiger partial charge in [-0.25, -0.2) is 14.0 Å². The lowest BCUT2D eigenvalue weighted by atomic mass is 10.1. The van der Waals surface area contributed by atoms with E-state index in [9.17, 15) is 14.0 Å². The van der Waals surface area contributed by atoms with Crippen LogP contribution in [0, 0.1) is 5.82 Å². The number of nitrogens with one attached hydrogen (secondary N) is 1. The van der Waals surface area contributed by atoms with Gasteiger partial charge in [-0.2, -0.15) is 0 Å². The van der Waals surface area contributed by atoms with Crippen LogP contribution in [0.4, 0.5) is 9.18 Å². The standard InChI is InChI=1S/C14H18FNO4/c1-14(2,3)20-13(19)16-11(12(17)18)8-9-5-4-6-10(15)7-9/h4-7,11H,8H2,1-3H3,(H,16,19)(H,17,18)/t11-/m0/s1/i1D. The first-order valence-corrected chi connectivity index (χ1v) is 5.99. The van der Waals surface area contributed by atoms with Crippen LogP contribution in [-0.4, -0.2) is 28.8 Å². The average Bonchev–Trinajstić information content (AvgIpc) is 2.37. The molecule has 20 heavy (non-hydrogen) atoms. The van der Waals surface area contributed by atoms with Crippen molar-refractivity contribution >= 4 is 12.1 Å². The fourth-order valence-electron chi connectivity index (χ4n) is 1.52. The molecule has 0 aromatic heterocycles. The molecule has 0 saturated heterocycles. The van der Waals surface area contributed by atoms with Crippen molar-refractivity contribution < 1.29 is 25.2 Å². The molecule has 0 heterocycles. The van der Waals surface area contributed by atoms with E-state index in [-0.39, 0.29) is 13.3 Å². The van der Waals surface area contributed by atoms with Gasteiger partial charge in [0.1, 0.15) is 17.5 Å². The number of carbonyl (C=O) groups excluding carboxylic acids is 1. The Morgan fingerprint density at radius 3 is 2.80 bits per heavy atom.